The largest absolute Gasteiger partial charge is 0.497 e. The van der Waals surface area contributed by atoms with Crippen molar-refractivity contribution in [1.29, 1.82) is 0 Å². The maximum Gasteiger partial charge on any atom is 0.307 e. The van der Waals surface area contributed by atoms with Crippen molar-refractivity contribution in [1.82, 2.24) is 9.29 Å². The predicted molar refractivity (Wildman–Crippen MR) is 109 cm³/mol. The van der Waals surface area contributed by atoms with Gasteiger partial charge in [0.1, 0.15) is 5.75 Å². The molecule has 7 nitrogen and oxygen atoms in total. The van der Waals surface area contributed by atoms with E-state index in [2.05, 4.69) is 5.32 Å². The summed E-state index contributed by atoms with van der Waals surface area (Å²) >= 11 is 0. The number of ether oxygens (including phenoxy) is 2. The normalized spacial score (nSPS) is 16.4. The Morgan fingerprint density at radius 2 is 1.93 bits per heavy atom. The molecule has 1 N–H and O–H groups in total. The van der Waals surface area contributed by atoms with Crippen LogP contribution in [0.25, 0.3) is 10.9 Å². The number of nitrogens with one attached hydrogen (secondary N) is 1. The first-order chi connectivity index (χ1) is 14.0. The van der Waals surface area contributed by atoms with E-state index in [4.69, 9.17) is 9.47 Å². The molecule has 0 saturated carbocycles. The van der Waals surface area contributed by atoms with Crippen LogP contribution in [0.2, 0.25) is 0 Å². The molecule has 1 aliphatic heterocycles. The molecule has 2 aromatic carbocycles. The highest BCUT2D eigenvalue weighted by Gasteiger charge is 2.34. The van der Waals surface area contributed by atoms with Gasteiger partial charge in [-0.3, -0.25) is 4.79 Å². The molecular formula is C21H22N2O5S. The molecule has 1 unspecified atom stereocenters. The summed E-state index contributed by atoms with van der Waals surface area (Å²) in [5.74, 6) is 0.249. The van der Waals surface area contributed by atoms with Gasteiger partial charge in [0.25, 0.3) is 10.0 Å². The van der Waals surface area contributed by atoms with Crippen molar-refractivity contribution < 1.29 is 22.7 Å². The highest BCUT2D eigenvalue weighted by molar-refractivity contribution is 7.90. The zero-order valence-corrected chi connectivity index (χ0v) is 17.0. The molecule has 0 spiro atoms. The first-order valence-electron chi connectivity index (χ1n) is 9.29. The molecule has 4 rings (SSSR count). The quantitative estimate of drug-likeness (QED) is 0.646. The van der Waals surface area contributed by atoms with Gasteiger partial charge in [-0.2, -0.15) is 0 Å². The molecule has 0 fully saturated rings. The Hall–Kier alpha value is -2.84. The molecule has 3 aromatic rings. The Kier molecular flexibility index (Phi) is 5.06. The first kappa shape index (κ1) is 19.5. The van der Waals surface area contributed by atoms with E-state index in [1.165, 1.54) is 11.1 Å². The van der Waals surface area contributed by atoms with Gasteiger partial charge >= 0.3 is 5.97 Å². The van der Waals surface area contributed by atoms with Gasteiger partial charge in [-0.1, -0.05) is 18.2 Å². The van der Waals surface area contributed by atoms with Gasteiger partial charge in [0.05, 0.1) is 42.8 Å². The van der Waals surface area contributed by atoms with Crippen molar-refractivity contribution in [2.24, 2.45) is 0 Å². The molecule has 1 atom stereocenters. The Morgan fingerprint density at radius 1 is 1.17 bits per heavy atom. The van der Waals surface area contributed by atoms with Crippen molar-refractivity contribution in [2.75, 3.05) is 20.8 Å². The van der Waals surface area contributed by atoms with Crippen molar-refractivity contribution in [3.05, 3.63) is 59.8 Å². The van der Waals surface area contributed by atoms with Crippen LogP contribution in [0.15, 0.2) is 53.4 Å². The fourth-order valence-electron chi connectivity index (χ4n) is 3.91. The number of nitrogens with zero attached hydrogens (tertiary/aromatic N) is 1. The third-order valence-corrected chi connectivity index (χ3v) is 6.99. The molecular weight excluding hydrogens is 392 g/mol. The number of carbonyl (C=O) groups excluding carboxylic acids is 1. The summed E-state index contributed by atoms with van der Waals surface area (Å²) < 4.78 is 38.8. The van der Waals surface area contributed by atoms with E-state index in [9.17, 15) is 13.2 Å². The molecule has 29 heavy (non-hydrogen) atoms. The van der Waals surface area contributed by atoms with Crippen molar-refractivity contribution in [2.45, 2.75) is 23.8 Å². The lowest BCUT2D eigenvalue weighted by molar-refractivity contribution is -0.141. The van der Waals surface area contributed by atoms with Crippen LogP contribution in [0.3, 0.4) is 0 Å². The Balaban J connectivity index is 2.02. The van der Waals surface area contributed by atoms with Gasteiger partial charge < -0.3 is 14.8 Å². The smallest absolute Gasteiger partial charge is 0.307 e. The highest BCUT2D eigenvalue weighted by atomic mass is 32.2. The summed E-state index contributed by atoms with van der Waals surface area (Å²) in [6.45, 7) is 0.635. The fourth-order valence-corrected chi connectivity index (χ4v) is 5.54. The third-order valence-electron chi connectivity index (χ3n) is 5.25. The van der Waals surface area contributed by atoms with Crippen LogP contribution in [0.1, 0.15) is 23.7 Å². The van der Waals surface area contributed by atoms with Crippen LogP contribution in [-0.2, 0) is 26.0 Å². The van der Waals surface area contributed by atoms with Gasteiger partial charge in [-0.25, -0.2) is 12.4 Å². The van der Waals surface area contributed by atoms with E-state index in [0.29, 0.717) is 29.9 Å². The zero-order valence-electron chi connectivity index (χ0n) is 16.2. The van der Waals surface area contributed by atoms with E-state index in [1.54, 1.807) is 49.6 Å². The number of aromatic nitrogens is 1. The second-order valence-corrected chi connectivity index (χ2v) is 8.65. The molecule has 0 amide bonds. The Morgan fingerprint density at radius 3 is 2.62 bits per heavy atom. The average Bonchev–Trinajstić information content (AvgIpc) is 3.09. The Labute approximate surface area is 169 Å². The number of fused-ring (bicyclic) bond motifs is 3. The number of carbonyl (C=O) groups is 1. The van der Waals surface area contributed by atoms with Crippen molar-refractivity contribution in [3.63, 3.8) is 0 Å². The molecule has 0 saturated heterocycles. The lowest BCUT2D eigenvalue weighted by Crippen LogP contribution is -2.34. The number of hydrogen-bond acceptors (Lipinski definition) is 6. The molecule has 1 aliphatic rings. The summed E-state index contributed by atoms with van der Waals surface area (Å²) in [6.07, 6.45) is 0.690. The molecule has 8 heteroatoms. The first-order valence-corrected chi connectivity index (χ1v) is 10.7. The van der Waals surface area contributed by atoms with Crippen LogP contribution < -0.4 is 10.1 Å². The van der Waals surface area contributed by atoms with Gasteiger partial charge in [0.15, 0.2) is 0 Å². The van der Waals surface area contributed by atoms with Crippen molar-refractivity contribution >= 4 is 26.9 Å². The summed E-state index contributed by atoms with van der Waals surface area (Å²) in [5.41, 5.74) is 2.05. The number of rotatable bonds is 5. The molecule has 152 valence electrons. The molecule has 0 bridgehead atoms. The Bertz CT molecular complexity index is 1170. The average molecular weight is 414 g/mol. The molecule has 2 heterocycles. The summed E-state index contributed by atoms with van der Waals surface area (Å²) in [4.78, 5) is 12.2. The van der Waals surface area contributed by atoms with E-state index in [-0.39, 0.29) is 11.3 Å². The van der Waals surface area contributed by atoms with Crippen LogP contribution in [-0.4, -0.2) is 39.1 Å². The predicted octanol–water partition coefficient (Wildman–Crippen LogP) is 2.64. The third kappa shape index (κ3) is 3.28. The van der Waals surface area contributed by atoms with Crippen LogP contribution >= 0.6 is 0 Å². The number of hydrogen-bond donors (Lipinski definition) is 1. The molecule has 0 aliphatic carbocycles. The highest BCUT2D eigenvalue weighted by Crippen LogP contribution is 2.38. The minimum absolute atomic E-state index is 0.0429. The maximum atomic E-state index is 13.6. The van der Waals surface area contributed by atoms with E-state index < -0.39 is 22.0 Å². The van der Waals surface area contributed by atoms with E-state index >= 15 is 0 Å². The minimum Gasteiger partial charge on any atom is -0.497 e. The minimum atomic E-state index is -3.87. The number of esters is 1. The summed E-state index contributed by atoms with van der Waals surface area (Å²) in [5, 5.41) is 4.09. The maximum absolute atomic E-state index is 13.6. The van der Waals surface area contributed by atoms with Crippen molar-refractivity contribution in [3.8, 4) is 5.75 Å². The van der Waals surface area contributed by atoms with E-state index in [1.807, 2.05) is 6.07 Å². The lowest BCUT2D eigenvalue weighted by Gasteiger charge is -2.26. The second kappa shape index (κ2) is 7.53. The lowest BCUT2D eigenvalue weighted by atomic mass is 9.97. The van der Waals surface area contributed by atoms with Gasteiger partial charge in [0, 0.05) is 5.39 Å². The topological polar surface area (TPSA) is 86.6 Å². The van der Waals surface area contributed by atoms with Crippen LogP contribution in [0.4, 0.5) is 0 Å². The summed E-state index contributed by atoms with van der Waals surface area (Å²) in [7, 11) is -0.972. The van der Waals surface area contributed by atoms with Crippen LogP contribution in [0.5, 0.6) is 5.75 Å². The summed E-state index contributed by atoms with van der Waals surface area (Å²) in [6, 6.07) is 13.2. The SMILES string of the molecule is COC(=O)CC1NCCc2c1n(S(=O)(=O)c1ccccc1)c1ccc(OC)cc21. The van der Waals surface area contributed by atoms with Gasteiger partial charge in [-0.05, 0) is 48.9 Å². The standard InChI is InChI=1S/C21H22N2O5S/c1-27-14-8-9-19-17(12-14)16-10-11-22-18(13-20(24)28-2)21(16)23(19)29(25,26)15-6-4-3-5-7-15/h3-9,12,18,22H,10-11,13H2,1-2H3. The molecule has 0 radical (unpaired) electrons. The zero-order chi connectivity index (χ0) is 20.6. The second-order valence-electron chi connectivity index (χ2n) is 6.87. The molecule has 1 aromatic heterocycles. The van der Waals surface area contributed by atoms with Gasteiger partial charge in [0.2, 0.25) is 0 Å². The van der Waals surface area contributed by atoms with E-state index in [0.717, 1.165) is 10.9 Å². The van der Waals surface area contributed by atoms with Gasteiger partial charge in [-0.15, -0.1) is 0 Å². The number of benzene rings is 2. The van der Waals surface area contributed by atoms with Crippen LogP contribution in [0, 0.1) is 0 Å². The number of methoxy groups -OCH3 is 2. The monoisotopic (exact) mass is 414 g/mol. The fraction of sp³-hybridized carbons (Fsp3) is 0.286.